The van der Waals surface area contributed by atoms with Crippen LogP contribution in [0, 0.1) is 0 Å². The highest BCUT2D eigenvalue weighted by Crippen LogP contribution is 2.34. The van der Waals surface area contributed by atoms with Crippen molar-refractivity contribution in [2.45, 2.75) is 24.6 Å². The molecule has 7 nitrogen and oxygen atoms in total. The predicted molar refractivity (Wildman–Crippen MR) is 116 cm³/mol. The number of benzene rings is 2. The van der Waals surface area contributed by atoms with Crippen molar-refractivity contribution in [3.63, 3.8) is 0 Å². The Morgan fingerprint density at radius 3 is 2.19 bits per heavy atom. The van der Waals surface area contributed by atoms with Crippen molar-refractivity contribution in [2.75, 3.05) is 18.8 Å². The average Bonchev–Trinajstić information content (AvgIpc) is 2.89. The van der Waals surface area contributed by atoms with Crippen LogP contribution < -0.4 is 0 Å². The number of carbonyl (C=O) groups excluding carboxylic acids is 3. The third kappa shape index (κ3) is 3.74. The highest BCUT2D eigenvalue weighted by atomic mass is 35.5. The molecule has 2 unspecified atom stereocenters. The van der Waals surface area contributed by atoms with E-state index in [1.165, 1.54) is 11.8 Å². The molecule has 2 aliphatic rings. The summed E-state index contributed by atoms with van der Waals surface area (Å²) >= 11 is 6.22. The smallest absolute Gasteiger partial charge is 0.262 e. The van der Waals surface area contributed by atoms with Crippen molar-refractivity contribution < 1.29 is 22.8 Å². The fourth-order valence-electron chi connectivity index (χ4n) is 4.18. The quantitative estimate of drug-likeness (QED) is 0.657. The molecule has 0 N–H and O–H groups in total. The molecule has 1 fully saturated rings. The first-order valence-electron chi connectivity index (χ1n) is 9.94. The Labute approximate surface area is 185 Å². The van der Waals surface area contributed by atoms with Gasteiger partial charge in [-0.2, -0.15) is 0 Å². The summed E-state index contributed by atoms with van der Waals surface area (Å²) in [6.45, 7) is 1.67. The fraction of sp³-hybridized carbons (Fsp3) is 0.318. The number of imide groups is 1. The lowest BCUT2D eigenvalue weighted by Crippen LogP contribution is -2.50. The molecule has 3 amide bonds. The number of carbonyl (C=O) groups is 3. The summed E-state index contributed by atoms with van der Waals surface area (Å²) in [7, 11) is -3.54. The maximum Gasteiger partial charge on any atom is 0.262 e. The molecule has 4 rings (SSSR count). The van der Waals surface area contributed by atoms with E-state index in [1.54, 1.807) is 48.5 Å². The molecule has 2 aliphatic heterocycles. The van der Waals surface area contributed by atoms with Crippen LogP contribution in [0.1, 0.15) is 44.9 Å². The van der Waals surface area contributed by atoms with E-state index in [0.717, 1.165) is 4.90 Å². The van der Waals surface area contributed by atoms with Crippen molar-refractivity contribution in [1.29, 1.82) is 0 Å². The van der Waals surface area contributed by atoms with Crippen molar-refractivity contribution in [3.05, 3.63) is 70.2 Å². The normalized spacial score (nSPS) is 21.5. The second-order valence-corrected chi connectivity index (χ2v) is 10.4. The van der Waals surface area contributed by atoms with Gasteiger partial charge in [0, 0.05) is 18.1 Å². The number of rotatable bonds is 3. The molecule has 0 saturated carbocycles. The Bertz CT molecular complexity index is 1140. The summed E-state index contributed by atoms with van der Waals surface area (Å²) in [6, 6.07) is 12.2. The van der Waals surface area contributed by atoms with E-state index in [-0.39, 0.29) is 36.4 Å². The summed E-state index contributed by atoms with van der Waals surface area (Å²) in [4.78, 5) is 40.9. The lowest BCUT2D eigenvalue weighted by Gasteiger charge is -2.28. The third-order valence-corrected chi connectivity index (χ3v) is 8.33. The zero-order valence-electron chi connectivity index (χ0n) is 16.8. The summed E-state index contributed by atoms with van der Waals surface area (Å²) in [5.41, 5.74) is 1.06. The van der Waals surface area contributed by atoms with Crippen molar-refractivity contribution in [1.82, 2.24) is 9.80 Å². The number of nitrogens with zero attached hydrogens (tertiary/aromatic N) is 2. The Morgan fingerprint density at radius 2 is 1.58 bits per heavy atom. The van der Waals surface area contributed by atoms with Gasteiger partial charge in [-0.1, -0.05) is 41.9 Å². The molecule has 31 heavy (non-hydrogen) atoms. The molecule has 0 aliphatic carbocycles. The summed E-state index contributed by atoms with van der Waals surface area (Å²) in [6.07, 6.45) is 0.187. The molecular formula is C22H21ClN2O5S. The fourth-order valence-corrected chi connectivity index (χ4v) is 6.33. The zero-order valence-corrected chi connectivity index (χ0v) is 18.4. The van der Waals surface area contributed by atoms with Gasteiger partial charge in [-0.05, 0) is 37.1 Å². The van der Waals surface area contributed by atoms with Gasteiger partial charge in [0.1, 0.15) is 6.04 Å². The Kier molecular flexibility index (Phi) is 5.61. The number of halogens is 1. The minimum absolute atomic E-state index is 0.00434. The minimum Gasteiger partial charge on any atom is -0.340 e. The van der Waals surface area contributed by atoms with Gasteiger partial charge in [0.05, 0.1) is 22.1 Å². The van der Waals surface area contributed by atoms with E-state index in [1.807, 2.05) is 0 Å². The number of hydrogen-bond donors (Lipinski definition) is 0. The van der Waals surface area contributed by atoms with Gasteiger partial charge in [-0.15, -0.1) is 0 Å². The van der Waals surface area contributed by atoms with Crippen molar-refractivity contribution >= 4 is 39.2 Å². The Balaban J connectivity index is 1.55. The van der Waals surface area contributed by atoms with Gasteiger partial charge in [-0.3, -0.25) is 19.3 Å². The minimum atomic E-state index is -3.54. The van der Waals surface area contributed by atoms with E-state index < -0.39 is 38.9 Å². The van der Waals surface area contributed by atoms with Crippen LogP contribution in [0.4, 0.5) is 0 Å². The second kappa shape index (κ2) is 8.09. The van der Waals surface area contributed by atoms with Crippen LogP contribution in [0.15, 0.2) is 48.5 Å². The molecule has 0 spiro atoms. The summed E-state index contributed by atoms with van der Waals surface area (Å²) in [5, 5.41) is -0.441. The average molecular weight is 461 g/mol. The van der Waals surface area contributed by atoms with E-state index >= 15 is 0 Å². The lowest BCUT2D eigenvalue weighted by molar-refractivity contribution is -0.134. The molecule has 1 saturated heterocycles. The van der Waals surface area contributed by atoms with Crippen LogP contribution in [0.5, 0.6) is 0 Å². The monoisotopic (exact) mass is 460 g/mol. The molecule has 0 radical (unpaired) electrons. The number of fused-ring (bicyclic) bond motifs is 1. The summed E-state index contributed by atoms with van der Waals surface area (Å²) < 4.78 is 25.8. The van der Waals surface area contributed by atoms with E-state index in [4.69, 9.17) is 11.6 Å². The largest absolute Gasteiger partial charge is 0.340 e. The molecule has 2 heterocycles. The Hall–Kier alpha value is -2.71. The van der Waals surface area contributed by atoms with Crippen molar-refractivity contribution in [2.24, 2.45) is 0 Å². The van der Waals surface area contributed by atoms with Gasteiger partial charge in [0.15, 0.2) is 9.84 Å². The highest BCUT2D eigenvalue weighted by Gasteiger charge is 2.43. The van der Waals surface area contributed by atoms with Crippen LogP contribution in [-0.2, 0) is 14.6 Å². The molecule has 2 aromatic carbocycles. The highest BCUT2D eigenvalue weighted by molar-refractivity contribution is 7.91. The van der Waals surface area contributed by atoms with Crippen molar-refractivity contribution in [3.8, 4) is 0 Å². The maximum atomic E-state index is 13.2. The van der Waals surface area contributed by atoms with Gasteiger partial charge >= 0.3 is 0 Å². The van der Waals surface area contributed by atoms with Gasteiger partial charge < -0.3 is 4.90 Å². The van der Waals surface area contributed by atoms with Gasteiger partial charge in [-0.25, -0.2) is 8.42 Å². The number of hydrogen-bond acceptors (Lipinski definition) is 5. The molecule has 162 valence electrons. The first kappa shape index (κ1) is 21.5. The number of amides is 3. The zero-order chi connectivity index (χ0) is 22.3. The lowest BCUT2D eigenvalue weighted by atomic mass is 10.1. The third-order valence-electron chi connectivity index (χ3n) is 5.87. The summed E-state index contributed by atoms with van der Waals surface area (Å²) in [5.74, 6) is -1.70. The van der Waals surface area contributed by atoms with E-state index in [0.29, 0.717) is 10.6 Å². The molecular weight excluding hydrogens is 440 g/mol. The topological polar surface area (TPSA) is 91.8 Å². The maximum absolute atomic E-state index is 13.2. The SMILES string of the molecule is CC(C(=O)N1CCC(c2ccccc2Cl)S(=O)(=O)CC1)N1C(=O)c2ccccc2C1=O. The number of sulfone groups is 1. The standard InChI is InChI=1S/C22H21ClN2O5S/c1-14(25-21(27)15-6-2-3-7-16(15)22(25)28)20(26)24-11-10-19(31(29,30)13-12-24)17-8-4-5-9-18(17)23/h2-9,14,19H,10-13H2,1H3. The molecule has 2 atom stereocenters. The first-order valence-corrected chi connectivity index (χ1v) is 12.0. The molecule has 2 aromatic rings. The Morgan fingerprint density at radius 1 is 1.00 bits per heavy atom. The van der Waals surface area contributed by atoms with Crippen LogP contribution in [0.2, 0.25) is 5.02 Å². The molecule has 0 bridgehead atoms. The van der Waals surface area contributed by atoms with Crippen LogP contribution in [-0.4, -0.2) is 60.8 Å². The predicted octanol–water partition coefficient (Wildman–Crippen LogP) is 2.71. The second-order valence-electron chi connectivity index (χ2n) is 7.69. The first-order chi connectivity index (χ1) is 14.7. The van der Waals surface area contributed by atoms with E-state index in [9.17, 15) is 22.8 Å². The molecule has 9 heteroatoms. The van der Waals surface area contributed by atoms with E-state index in [2.05, 4.69) is 0 Å². The van der Waals surface area contributed by atoms with Crippen LogP contribution in [0.3, 0.4) is 0 Å². The van der Waals surface area contributed by atoms with Crippen LogP contribution in [0.25, 0.3) is 0 Å². The molecule has 0 aromatic heterocycles. The van der Waals surface area contributed by atoms with Gasteiger partial charge in [0.25, 0.3) is 11.8 Å². The van der Waals surface area contributed by atoms with Crippen LogP contribution >= 0.6 is 11.6 Å². The van der Waals surface area contributed by atoms with Gasteiger partial charge in [0.2, 0.25) is 5.91 Å².